The van der Waals surface area contributed by atoms with Crippen LogP contribution in [0.1, 0.15) is 33.5 Å². The smallest absolute Gasteiger partial charge is 0.177 e. The van der Waals surface area contributed by atoms with Crippen LogP contribution >= 0.6 is 11.8 Å². The molecule has 1 saturated heterocycles. The van der Waals surface area contributed by atoms with Gasteiger partial charge in [0, 0.05) is 17.9 Å². The zero-order valence-electron chi connectivity index (χ0n) is 12.2. The number of aryl methyl sites for hydroxylation is 3. The van der Waals surface area contributed by atoms with Crippen molar-refractivity contribution in [3.05, 3.63) is 34.4 Å². The number of hydrogen-bond donors (Lipinski definition) is 0. The molecule has 0 saturated carbocycles. The van der Waals surface area contributed by atoms with Crippen LogP contribution in [0, 0.1) is 20.8 Å². The number of rotatable bonds is 3. The molecule has 0 aliphatic carbocycles. The van der Waals surface area contributed by atoms with Crippen molar-refractivity contribution in [2.24, 2.45) is 0 Å². The monoisotopic (exact) mass is 277 g/mol. The highest BCUT2D eigenvalue weighted by atomic mass is 32.2. The van der Waals surface area contributed by atoms with Gasteiger partial charge in [0.05, 0.1) is 6.54 Å². The van der Waals surface area contributed by atoms with Crippen molar-refractivity contribution >= 4 is 17.5 Å². The zero-order valence-corrected chi connectivity index (χ0v) is 13.0. The van der Waals surface area contributed by atoms with Crippen LogP contribution in [0.3, 0.4) is 0 Å². The third kappa shape index (κ3) is 3.83. The number of hydrogen-bond acceptors (Lipinski definition) is 3. The van der Waals surface area contributed by atoms with E-state index in [0.717, 1.165) is 35.5 Å². The third-order valence-electron chi connectivity index (χ3n) is 3.64. The van der Waals surface area contributed by atoms with E-state index in [-0.39, 0.29) is 5.78 Å². The molecule has 2 nitrogen and oxygen atoms in total. The molecule has 0 spiro atoms. The Balaban J connectivity index is 2.11. The maximum atomic E-state index is 12.5. The molecule has 104 valence electrons. The van der Waals surface area contributed by atoms with Gasteiger partial charge in [-0.25, -0.2) is 0 Å². The molecule has 1 fully saturated rings. The third-order valence-corrected chi connectivity index (χ3v) is 4.69. The van der Waals surface area contributed by atoms with E-state index in [1.54, 1.807) is 0 Å². The van der Waals surface area contributed by atoms with Crippen LogP contribution in [-0.2, 0) is 0 Å². The first-order chi connectivity index (χ1) is 9.08. The number of nitrogens with zero attached hydrogens (tertiary/aromatic N) is 1. The second kappa shape index (κ2) is 6.58. The molecule has 0 aromatic heterocycles. The molecule has 1 aromatic carbocycles. The van der Waals surface area contributed by atoms with Gasteiger partial charge in [0.2, 0.25) is 0 Å². The molecule has 19 heavy (non-hydrogen) atoms. The summed E-state index contributed by atoms with van der Waals surface area (Å²) < 4.78 is 0. The Kier molecular flexibility index (Phi) is 5.06. The first-order valence-electron chi connectivity index (χ1n) is 6.99. The Morgan fingerprint density at radius 2 is 1.84 bits per heavy atom. The van der Waals surface area contributed by atoms with E-state index in [0.29, 0.717) is 6.54 Å². The summed E-state index contributed by atoms with van der Waals surface area (Å²) in [4.78, 5) is 14.8. The van der Waals surface area contributed by atoms with Gasteiger partial charge in [0.25, 0.3) is 0 Å². The second-order valence-corrected chi connectivity index (χ2v) is 6.66. The summed E-state index contributed by atoms with van der Waals surface area (Å²) in [7, 11) is 0. The van der Waals surface area contributed by atoms with Crippen molar-refractivity contribution in [3.8, 4) is 0 Å². The predicted molar refractivity (Wildman–Crippen MR) is 83.4 cm³/mol. The van der Waals surface area contributed by atoms with E-state index < -0.39 is 0 Å². The summed E-state index contributed by atoms with van der Waals surface area (Å²) in [6, 6.07) is 4.22. The highest BCUT2D eigenvalue weighted by Crippen LogP contribution is 2.18. The van der Waals surface area contributed by atoms with Gasteiger partial charge in [-0.2, -0.15) is 11.8 Å². The summed E-state index contributed by atoms with van der Waals surface area (Å²) in [5, 5.41) is 0. The van der Waals surface area contributed by atoms with E-state index in [9.17, 15) is 4.79 Å². The Morgan fingerprint density at radius 1 is 1.16 bits per heavy atom. The molecule has 1 heterocycles. The average Bonchev–Trinajstić information content (AvgIpc) is 2.56. The highest BCUT2D eigenvalue weighted by Gasteiger charge is 2.17. The van der Waals surface area contributed by atoms with Crippen molar-refractivity contribution < 1.29 is 4.79 Å². The van der Waals surface area contributed by atoms with Crippen LogP contribution < -0.4 is 0 Å². The van der Waals surface area contributed by atoms with Crippen molar-refractivity contribution in [1.29, 1.82) is 0 Å². The van der Waals surface area contributed by atoms with Crippen LogP contribution in [-0.4, -0.2) is 41.8 Å². The topological polar surface area (TPSA) is 20.3 Å². The van der Waals surface area contributed by atoms with E-state index >= 15 is 0 Å². The lowest BCUT2D eigenvalue weighted by atomic mass is 9.96. The van der Waals surface area contributed by atoms with Gasteiger partial charge in [0.1, 0.15) is 0 Å². The van der Waals surface area contributed by atoms with E-state index in [1.165, 1.54) is 17.7 Å². The minimum absolute atomic E-state index is 0.280. The first kappa shape index (κ1) is 14.6. The quantitative estimate of drug-likeness (QED) is 0.791. The lowest BCUT2D eigenvalue weighted by molar-refractivity contribution is 0.0934. The van der Waals surface area contributed by atoms with Gasteiger partial charge in [-0.3, -0.25) is 9.69 Å². The van der Waals surface area contributed by atoms with E-state index in [4.69, 9.17) is 0 Å². The number of ketones is 1. The van der Waals surface area contributed by atoms with E-state index in [2.05, 4.69) is 24.0 Å². The Morgan fingerprint density at radius 3 is 2.53 bits per heavy atom. The molecule has 1 aromatic rings. The van der Waals surface area contributed by atoms with Gasteiger partial charge in [0.15, 0.2) is 5.78 Å². The van der Waals surface area contributed by atoms with Crippen molar-refractivity contribution in [2.75, 3.05) is 31.1 Å². The molecule has 0 radical (unpaired) electrons. The minimum atomic E-state index is 0.280. The largest absolute Gasteiger partial charge is 0.295 e. The summed E-state index contributed by atoms with van der Waals surface area (Å²) >= 11 is 2.00. The average molecular weight is 277 g/mol. The van der Waals surface area contributed by atoms with E-state index in [1.807, 2.05) is 25.6 Å². The molecule has 0 bridgehead atoms. The van der Waals surface area contributed by atoms with Gasteiger partial charge in [-0.1, -0.05) is 17.7 Å². The lowest BCUT2D eigenvalue weighted by Crippen LogP contribution is -2.32. The molecular weight excluding hydrogens is 254 g/mol. The van der Waals surface area contributed by atoms with Crippen LogP contribution in [0.2, 0.25) is 0 Å². The minimum Gasteiger partial charge on any atom is -0.295 e. The van der Waals surface area contributed by atoms with Gasteiger partial charge >= 0.3 is 0 Å². The second-order valence-electron chi connectivity index (χ2n) is 5.44. The number of Topliss-reactive ketones (excluding diaryl/α,β-unsaturated/α-hetero) is 1. The molecule has 0 atom stereocenters. The van der Waals surface area contributed by atoms with Crippen LogP contribution in [0.4, 0.5) is 0 Å². The van der Waals surface area contributed by atoms with Crippen molar-refractivity contribution in [1.82, 2.24) is 4.90 Å². The van der Waals surface area contributed by atoms with Crippen LogP contribution in [0.15, 0.2) is 12.1 Å². The molecule has 0 N–H and O–H groups in total. The number of thioether (sulfide) groups is 1. The highest BCUT2D eigenvalue weighted by molar-refractivity contribution is 7.99. The first-order valence-corrected chi connectivity index (χ1v) is 8.14. The van der Waals surface area contributed by atoms with Gasteiger partial charge < -0.3 is 0 Å². The zero-order chi connectivity index (χ0) is 13.8. The fourth-order valence-electron chi connectivity index (χ4n) is 2.86. The summed E-state index contributed by atoms with van der Waals surface area (Å²) in [5.74, 6) is 2.66. The molecule has 0 amide bonds. The van der Waals surface area contributed by atoms with Gasteiger partial charge in [-0.05, 0) is 50.6 Å². The fourth-order valence-corrected chi connectivity index (χ4v) is 3.78. The molecule has 3 heteroatoms. The Hall–Kier alpha value is -0.800. The predicted octanol–water partition coefficient (Wildman–Crippen LogP) is 3.23. The summed E-state index contributed by atoms with van der Waals surface area (Å²) in [6.45, 7) is 8.85. The summed E-state index contributed by atoms with van der Waals surface area (Å²) in [6.07, 6.45) is 1.20. The molecule has 1 aliphatic rings. The maximum Gasteiger partial charge on any atom is 0.177 e. The Labute approximate surface area is 120 Å². The summed E-state index contributed by atoms with van der Waals surface area (Å²) in [5.41, 5.74) is 4.40. The van der Waals surface area contributed by atoms with Crippen LogP contribution in [0.5, 0.6) is 0 Å². The van der Waals surface area contributed by atoms with Crippen LogP contribution in [0.25, 0.3) is 0 Å². The number of benzene rings is 1. The maximum absolute atomic E-state index is 12.5. The lowest BCUT2D eigenvalue weighted by Gasteiger charge is -2.20. The van der Waals surface area contributed by atoms with Gasteiger partial charge in [-0.15, -0.1) is 0 Å². The molecule has 1 aliphatic heterocycles. The number of carbonyl (C=O) groups excluding carboxylic acids is 1. The number of carbonyl (C=O) groups is 1. The SMILES string of the molecule is Cc1cc(C)c(C(=O)CN2CCCSCC2)c(C)c1. The molecular formula is C16H23NOS. The standard InChI is InChI=1S/C16H23NOS/c1-12-9-13(2)16(14(3)10-12)15(18)11-17-5-4-7-19-8-6-17/h9-10H,4-8,11H2,1-3H3. The molecule has 0 unspecified atom stereocenters. The molecule has 2 rings (SSSR count). The van der Waals surface area contributed by atoms with Crippen molar-refractivity contribution in [3.63, 3.8) is 0 Å². The van der Waals surface area contributed by atoms with Crippen molar-refractivity contribution in [2.45, 2.75) is 27.2 Å². The Bertz CT molecular complexity index is 439. The normalized spacial score (nSPS) is 17.2. The fraction of sp³-hybridized carbons (Fsp3) is 0.562.